The van der Waals surface area contributed by atoms with Crippen LogP contribution in [0.2, 0.25) is 0 Å². The predicted molar refractivity (Wildman–Crippen MR) is 161 cm³/mol. The summed E-state index contributed by atoms with van der Waals surface area (Å²) in [4.78, 5) is 11.9. The van der Waals surface area contributed by atoms with Gasteiger partial charge in [-0.05, 0) is 59.8 Å². The molecule has 202 valence electrons. The van der Waals surface area contributed by atoms with Crippen molar-refractivity contribution in [1.82, 2.24) is 19.7 Å². The number of para-hydroxylation sites is 1. The smallest absolute Gasteiger partial charge is 0.250 e. The average Bonchev–Trinajstić information content (AvgIpc) is 3.69. The number of hydrogen-bond acceptors (Lipinski definition) is 5. The first-order valence-corrected chi connectivity index (χ1v) is 14.7. The van der Waals surface area contributed by atoms with Gasteiger partial charge in [0.1, 0.15) is 6.21 Å². The minimum atomic E-state index is 0.653. The van der Waals surface area contributed by atoms with Gasteiger partial charge in [0.15, 0.2) is 6.72 Å². The lowest BCUT2D eigenvalue weighted by atomic mass is 9.93. The Labute approximate surface area is 235 Å². The fourth-order valence-electron chi connectivity index (χ4n) is 6.36. The quantitative estimate of drug-likeness (QED) is 0.269. The summed E-state index contributed by atoms with van der Waals surface area (Å²) in [7, 11) is 0. The number of fused-ring (bicyclic) bond motifs is 2. The highest BCUT2D eigenvalue weighted by atomic mass is 15.4. The summed E-state index contributed by atoms with van der Waals surface area (Å²) < 4.78 is 4.01. The molecule has 0 amide bonds. The summed E-state index contributed by atoms with van der Waals surface area (Å²) in [5, 5.41) is 9.94. The number of anilines is 1. The molecule has 0 radical (unpaired) electrons. The molecule has 7 rings (SSSR count). The van der Waals surface area contributed by atoms with Crippen LogP contribution in [0.4, 0.5) is 11.6 Å². The maximum absolute atomic E-state index is 5.35. The lowest BCUT2D eigenvalue weighted by Gasteiger charge is -2.27. The topological polar surface area (TPSA) is 62.2 Å². The fourth-order valence-corrected chi connectivity index (χ4v) is 6.36. The third-order valence-corrected chi connectivity index (χ3v) is 8.72. The van der Waals surface area contributed by atoms with Crippen LogP contribution in [0.15, 0.2) is 47.8 Å². The van der Waals surface area contributed by atoms with Crippen LogP contribution in [-0.4, -0.2) is 43.9 Å². The first-order chi connectivity index (χ1) is 19.6. The van der Waals surface area contributed by atoms with E-state index in [9.17, 15) is 0 Å². The molecule has 3 aliphatic rings. The molecule has 1 saturated carbocycles. The fraction of sp³-hybridized carbons (Fsp3) is 0.364. The van der Waals surface area contributed by atoms with Gasteiger partial charge in [0.25, 0.3) is 0 Å². The van der Waals surface area contributed by atoms with Crippen LogP contribution in [0.3, 0.4) is 0 Å². The van der Waals surface area contributed by atoms with E-state index in [0.29, 0.717) is 5.92 Å². The number of aromatic nitrogens is 4. The number of hydrogen-bond donors (Lipinski definition) is 0. The molecule has 7 nitrogen and oxygen atoms in total. The van der Waals surface area contributed by atoms with Crippen molar-refractivity contribution in [2.75, 3.05) is 11.4 Å². The van der Waals surface area contributed by atoms with E-state index >= 15 is 0 Å². The van der Waals surface area contributed by atoms with Crippen LogP contribution in [0.5, 0.6) is 0 Å². The van der Waals surface area contributed by atoms with Crippen molar-refractivity contribution in [1.29, 1.82) is 0 Å². The Kier molecular flexibility index (Phi) is 6.10. The van der Waals surface area contributed by atoms with Crippen LogP contribution < -0.4 is 4.90 Å². The summed E-state index contributed by atoms with van der Waals surface area (Å²) in [6.07, 6.45) is 12.2. The monoisotopic (exact) mass is 530 g/mol. The lowest BCUT2D eigenvalue weighted by Crippen LogP contribution is -2.31. The zero-order valence-corrected chi connectivity index (χ0v) is 23.7. The Morgan fingerprint density at radius 2 is 1.68 bits per heavy atom. The second kappa shape index (κ2) is 9.81. The first kappa shape index (κ1) is 24.9. The molecule has 2 aromatic carbocycles. The van der Waals surface area contributed by atoms with E-state index in [0.717, 1.165) is 72.9 Å². The SMILES string of the molecule is C=[N+]1N=Cc2c(-c3c4c(nn3-c3c(CC)cccc3CC)CCN(c3ncc(C5CC5)cn3)C4)ccc(CC)c21. The standard InChI is InChI=1S/C33H36N7/c1-5-21-9-8-10-22(6-2)30(21)40-32(26-14-13-23(7-3)31-27(26)19-36-38(31)4)28-20-39(16-15-29(28)37-40)33-34-17-25(18-35-33)24-11-12-24/h8-10,13-14,17-19,24H,4-7,11-12,15-16,20H2,1-3H3/q+1. The summed E-state index contributed by atoms with van der Waals surface area (Å²) >= 11 is 0. The number of aryl methyl sites for hydroxylation is 3. The summed E-state index contributed by atoms with van der Waals surface area (Å²) in [5.74, 6) is 1.45. The number of rotatable bonds is 7. The molecule has 4 heterocycles. The zero-order chi connectivity index (χ0) is 27.4. The molecule has 40 heavy (non-hydrogen) atoms. The molecule has 2 aliphatic heterocycles. The Morgan fingerprint density at radius 3 is 2.35 bits per heavy atom. The molecular weight excluding hydrogens is 494 g/mol. The highest BCUT2D eigenvalue weighted by Gasteiger charge is 2.33. The van der Waals surface area contributed by atoms with Gasteiger partial charge in [-0.25, -0.2) is 14.6 Å². The van der Waals surface area contributed by atoms with Crippen molar-refractivity contribution in [3.8, 4) is 16.9 Å². The Bertz CT molecular complexity index is 1640. The molecule has 0 spiro atoms. The van der Waals surface area contributed by atoms with E-state index in [1.54, 1.807) is 4.68 Å². The minimum Gasteiger partial charge on any atom is -0.336 e. The largest absolute Gasteiger partial charge is 0.336 e. The van der Waals surface area contributed by atoms with Gasteiger partial charge in [-0.2, -0.15) is 5.10 Å². The second-order valence-corrected chi connectivity index (χ2v) is 11.1. The molecule has 0 N–H and O–H groups in total. The van der Waals surface area contributed by atoms with Gasteiger partial charge >= 0.3 is 0 Å². The van der Waals surface area contributed by atoms with E-state index in [4.69, 9.17) is 15.1 Å². The van der Waals surface area contributed by atoms with E-state index < -0.39 is 0 Å². The maximum atomic E-state index is 5.35. The third-order valence-electron chi connectivity index (χ3n) is 8.72. The lowest BCUT2D eigenvalue weighted by molar-refractivity contribution is -0.431. The highest BCUT2D eigenvalue weighted by molar-refractivity contribution is 5.97. The van der Waals surface area contributed by atoms with Gasteiger partial charge in [0.05, 0.1) is 22.6 Å². The van der Waals surface area contributed by atoms with E-state index in [-0.39, 0.29) is 0 Å². The van der Waals surface area contributed by atoms with Crippen molar-refractivity contribution in [3.05, 3.63) is 81.8 Å². The van der Waals surface area contributed by atoms with Crippen LogP contribution in [-0.2, 0) is 32.2 Å². The molecule has 2 aromatic heterocycles. The van der Waals surface area contributed by atoms with Gasteiger partial charge < -0.3 is 4.90 Å². The average molecular weight is 531 g/mol. The van der Waals surface area contributed by atoms with Gasteiger partial charge in [-0.3, -0.25) is 0 Å². The molecule has 0 unspecified atom stereocenters. The van der Waals surface area contributed by atoms with Crippen LogP contribution in [0, 0.1) is 0 Å². The molecule has 4 aromatic rings. The second-order valence-electron chi connectivity index (χ2n) is 11.1. The Morgan fingerprint density at radius 1 is 0.950 bits per heavy atom. The van der Waals surface area contributed by atoms with Gasteiger partial charge in [0, 0.05) is 48.6 Å². The Hall–Kier alpha value is -4.13. The van der Waals surface area contributed by atoms with Crippen LogP contribution >= 0.6 is 0 Å². The number of hydrazone groups is 1. The van der Waals surface area contributed by atoms with E-state index in [2.05, 4.69) is 72.5 Å². The van der Waals surface area contributed by atoms with Crippen molar-refractivity contribution in [2.45, 2.75) is 71.8 Å². The zero-order valence-electron chi connectivity index (χ0n) is 23.7. The van der Waals surface area contributed by atoms with Gasteiger partial charge in [0.2, 0.25) is 11.6 Å². The van der Waals surface area contributed by atoms with Crippen molar-refractivity contribution >= 4 is 24.6 Å². The summed E-state index contributed by atoms with van der Waals surface area (Å²) in [6.45, 7) is 12.4. The third kappa shape index (κ3) is 3.98. The van der Waals surface area contributed by atoms with Crippen molar-refractivity contribution in [3.63, 3.8) is 0 Å². The highest BCUT2D eigenvalue weighted by Crippen LogP contribution is 2.42. The van der Waals surface area contributed by atoms with Crippen LogP contribution in [0.1, 0.15) is 78.6 Å². The number of benzene rings is 2. The summed E-state index contributed by atoms with van der Waals surface area (Å²) in [6, 6.07) is 11.2. The number of nitrogens with zero attached hydrogens (tertiary/aromatic N) is 7. The molecule has 1 aliphatic carbocycles. The van der Waals surface area contributed by atoms with Crippen molar-refractivity contribution in [2.24, 2.45) is 5.10 Å². The Balaban J connectivity index is 1.42. The molecule has 1 fully saturated rings. The van der Waals surface area contributed by atoms with E-state index in [1.165, 1.54) is 46.3 Å². The van der Waals surface area contributed by atoms with Gasteiger partial charge in [-0.15, -0.1) is 0 Å². The van der Waals surface area contributed by atoms with Crippen LogP contribution in [0.25, 0.3) is 16.9 Å². The van der Waals surface area contributed by atoms with E-state index in [1.807, 2.05) is 18.6 Å². The molecule has 7 heteroatoms. The van der Waals surface area contributed by atoms with Crippen molar-refractivity contribution < 1.29 is 4.68 Å². The summed E-state index contributed by atoms with van der Waals surface area (Å²) in [5.41, 5.74) is 13.3. The first-order valence-electron chi connectivity index (χ1n) is 14.7. The molecule has 0 bridgehead atoms. The molecule has 0 saturated heterocycles. The predicted octanol–water partition coefficient (Wildman–Crippen LogP) is 6.15. The normalized spacial score (nSPS) is 16.0. The van der Waals surface area contributed by atoms with Gasteiger partial charge in [-0.1, -0.05) is 55.8 Å². The molecule has 0 atom stereocenters. The molecular formula is C33H36N7+. The maximum Gasteiger partial charge on any atom is 0.250 e. The minimum absolute atomic E-state index is 0.653.